The molecule has 0 atom stereocenters. The molecule has 6 heteroatoms. The van der Waals surface area contributed by atoms with Crippen LogP contribution in [0.25, 0.3) is 0 Å². The normalized spacial score (nSPS) is 18.8. The van der Waals surface area contributed by atoms with Gasteiger partial charge in [0.05, 0.1) is 12.8 Å². The first kappa shape index (κ1) is 18.2. The zero-order chi connectivity index (χ0) is 18.5. The minimum absolute atomic E-state index is 0.906. The number of rotatable bonds is 6. The topological polar surface area (TPSA) is 44.7 Å². The lowest BCUT2D eigenvalue weighted by atomic mass is 10.2. The average molecular weight is 367 g/mol. The van der Waals surface area contributed by atoms with E-state index in [1.54, 1.807) is 7.11 Å². The lowest BCUT2D eigenvalue weighted by Crippen LogP contribution is -2.45. The van der Waals surface area contributed by atoms with Crippen LogP contribution in [0.2, 0.25) is 0 Å². The highest BCUT2D eigenvalue weighted by molar-refractivity contribution is 5.31. The lowest BCUT2D eigenvalue weighted by molar-refractivity contribution is 0.121. The molecule has 144 valence electrons. The second-order valence-electron chi connectivity index (χ2n) is 7.44. The zero-order valence-corrected chi connectivity index (χ0v) is 16.2. The fourth-order valence-corrected chi connectivity index (χ4v) is 3.87. The summed E-state index contributed by atoms with van der Waals surface area (Å²) in [6.45, 7) is 8.45. The maximum absolute atomic E-state index is 5.24. The highest BCUT2D eigenvalue weighted by Gasteiger charge is 2.19. The van der Waals surface area contributed by atoms with Crippen molar-refractivity contribution in [1.82, 2.24) is 19.8 Å². The molecule has 1 aromatic heterocycles. The summed E-state index contributed by atoms with van der Waals surface area (Å²) in [6.07, 6.45) is 4.42. The third-order valence-corrected chi connectivity index (χ3v) is 5.51. The molecular weight excluding hydrogens is 338 g/mol. The number of hydrogen-bond donors (Lipinski definition) is 0. The zero-order valence-electron chi connectivity index (χ0n) is 16.2. The Labute approximate surface area is 161 Å². The van der Waals surface area contributed by atoms with Crippen LogP contribution < -0.4 is 9.64 Å². The molecule has 4 rings (SSSR count). The fraction of sp³-hybridized carbons (Fsp3) is 0.524. The molecule has 2 aliphatic rings. The Bertz CT molecular complexity index is 722. The Morgan fingerprint density at radius 1 is 0.852 bits per heavy atom. The summed E-state index contributed by atoms with van der Waals surface area (Å²) < 4.78 is 5.24. The minimum atomic E-state index is 0.906. The summed E-state index contributed by atoms with van der Waals surface area (Å²) in [4.78, 5) is 16.6. The van der Waals surface area contributed by atoms with Gasteiger partial charge in [0.25, 0.3) is 0 Å². The highest BCUT2D eigenvalue weighted by Crippen LogP contribution is 2.17. The van der Waals surface area contributed by atoms with Gasteiger partial charge >= 0.3 is 0 Å². The third-order valence-electron chi connectivity index (χ3n) is 5.51. The second kappa shape index (κ2) is 8.67. The number of benzene rings is 1. The predicted octanol–water partition coefficient (Wildman–Crippen LogP) is 2.40. The number of piperazine rings is 1. The number of anilines is 1. The summed E-state index contributed by atoms with van der Waals surface area (Å²) in [5, 5.41) is 0. The van der Waals surface area contributed by atoms with Crippen molar-refractivity contribution >= 4 is 5.95 Å². The molecule has 2 aromatic rings. The molecule has 2 aliphatic heterocycles. The fourth-order valence-electron chi connectivity index (χ4n) is 3.87. The minimum Gasteiger partial charge on any atom is -0.497 e. The van der Waals surface area contributed by atoms with Crippen LogP contribution in [0.3, 0.4) is 0 Å². The van der Waals surface area contributed by atoms with Crippen molar-refractivity contribution < 1.29 is 4.74 Å². The molecule has 1 aromatic carbocycles. The average Bonchev–Trinajstić information content (AvgIpc) is 3.25. The molecule has 3 heterocycles. The van der Waals surface area contributed by atoms with E-state index in [-0.39, 0.29) is 0 Å². The van der Waals surface area contributed by atoms with Crippen LogP contribution >= 0.6 is 0 Å². The summed E-state index contributed by atoms with van der Waals surface area (Å²) in [5.41, 5.74) is 2.48. The van der Waals surface area contributed by atoms with Crippen molar-refractivity contribution in [3.8, 4) is 5.75 Å². The van der Waals surface area contributed by atoms with Crippen LogP contribution in [-0.4, -0.2) is 66.1 Å². The van der Waals surface area contributed by atoms with E-state index >= 15 is 0 Å². The summed E-state index contributed by atoms with van der Waals surface area (Å²) in [7, 11) is 1.71. The van der Waals surface area contributed by atoms with E-state index in [1.807, 2.05) is 18.3 Å². The Morgan fingerprint density at radius 2 is 1.52 bits per heavy atom. The van der Waals surface area contributed by atoms with Crippen molar-refractivity contribution in [2.75, 3.05) is 51.3 Å². The summed E-state index contributed by atoms with van der Waals surface area (Å²) in [5.74, 6) is 1.82. The van der Waals surface area contributed by atoms with E-state index < -0.39 is 0 Å². The van der Waals surface area contributed by atoms with E-state index in [0.29, 0.717) is 0 Å². The first-order chi connectivity index (χ1) is 13.3. The van der Waals surface area contributed by atoms with Crippen LogP contribution in [0.15, 0.2) is 36.5 Å². The number of nitrogens with zero attached hydrogens (tertiary/aromatic N) is 5. The number of methoxy groups -OCH3 is 1. The van der Waals surface area contributed by atoms with Crippen LogP contribution in [0.4, 0.5) is 5.95 Å². The molecule has 0 saturated carbocycles. The number of ether oxygens (including phenoxy) is 1. The largest absolute Gasteiger partial charge is 0.497 e. The van der Waals surface area contributed by atoms with E-state index in [2.05, 4.69) is 37.9 Å². The third kappa shape index (κ3) is 4.76. The van der Waals surface area contributed by atoms with Crippen LogP contribution in [0, 0.1) is 0 Å². The van der Waals surface area contributed by atoms with Gasteiger partial charge in [-0.2, -0.15) is 0 Å². The Kier molecular flexibility index (Phi) is 5.84. The van der Waals surface area contributed by atoms with Gasteiger partial charge in [0.1, 0.15) is 5.75 Å². The number of hydrogen-bond acceptors (Lipinski definition) is 6. The Balaban J connectivity index is 1.27. The van der Waals surface area contributed by atoms with Crippen molar-refractivity contribution in [2.24, 2.45) is 0 Å². The lowest BCUT2D eigenvalue weighted by Gasteiger charge is -2.34. The van der Waals surface area contributed by atoms with Crippen LogP contribution in [0.5, 0.6) is 5.75 Å². The van der Waals surface area contributed by atoms with Gasteiger partial charge in [0.2, 0.25) is 5.95 Å². The van der Waals surface area contributed by atoms with Gasteiger partial charge < -0.3 is 9.64 Å². The SMILES string of the molecule is COc1ccc(CN2CCN(Cc3ccnc(N4CCCC4)n3)CC2)cc1. The van der Waals surface area contributed by atoms with Gasteiger partial charge in [-0.15, -0.1) is 0 Å². The summed E-state index contributed by atoms with van der Waals surface area (Å²) >= 11 is 0. The molecule has 0 spiro atoms. The first-order valence-electron chi connectivity index (χ1n) is 9.95. The van der Waals surface area contributed by atoms with Crippen molar-refractivity contribution in [2.45, 2.75) is 25.9 Å². The van der Waals surface area contributed by atoms with Crippen molar-refractivity contribution in [3.05, 3.63) is 47.8 Å². The molecule has 0 aliphatic carbocycles. The van der Waals surface area contributed by atoms with Crippen molar-refractivity contribution in [3.63, 3.8) is 0 Å². The molecule has 0 amide bonds. The standard InChI is InChI=1S/C21H29N5O/c1-27-20-6-4-18(5-7-20)16-24-12-14-25(15-13-24)17-19-8-9-22-21(23-19)26-10-2-3-11-26/h4-9H,2-3,10-17H2,1H3. The predicted molar refractivity (Wildman–Crippen MR) is 107 cm³/mol. The van der Waals surface area contributed by atoms with Gasteiger partial charge in [0, 0.05) is 58.6 Å². The van der Waals surface area contributed by atoms with E-state index in [0.717, 1.165) is 69.7 Å². The maximum Gasteiger partial charge on any atom is 0.225 e. The molecule has 2 fully saturated rings. The molecule has 2 saturated heterocycles. The van der Waals surface area contributed by atoms with Gasteiger partial charge in [-0.05, 0) is 36.6 Å². The van der Waals surface area contributed by atoms with Gasteiger partial charge in [0.15, 0.2) is 0 Å². The highest BCUT2D eigenvalue weighted by atomic mass is 16.5. The van der Waals surface area contributed by atoms with Gasteiger partial charge in [-0.1, -0.05) is 12.1 Å². The van der Waals surface area contributed by atoms with Crippen LogP contribution in [0.1, 0.15) is 24.1 Å². The molecule has 0 bridgehead atoms. The Hall–Kier alpha value is -2.18. The van der Waals surface area contributed by atoms with Crippen molar-refractivity contribution in [1.29, 1.82) is 0 Å². The first-order valence-corrected chi connectivity index (χ1v) is 9.95. The van der Waals surface area contributed by atoms with E-state index in [1.165, 1.54) is 18.4 Å². The summed E-state index contributed by atoms with van der Waals surface area (Å²) in [6, 6.07) is 10.5. The molecule has 0 N–H and O–H groups in total. The van der Waals surface area contributed by atoms with Gasteiger partial charge in [-0.25, -0.2) is 9.97 Å². The molecule has 0 unspecified atom stereocenters. The molecule has 0 radical (unpaired) electrons. The molecular formula is C21H29N5O. The van der Waals surface area contributed by atoms with E-state index in [9.17, 15) is 0 Å². The van der Waals surface area contributed by atoms with Gasteiger partial charge in [-0.3, -0.25) is 9.80 Å². The molecule has 6 nitrogen and oxygen atoms in total. The smallest absolute Gasteiger partial charge is 0.225 e. The maximum atomic E-state index is 5.24. The monoisotopic (exact) mass is 367 g/mol. The second-order valence-corrected chi connectivity index (χ2v) is 7.44. The quantitative estimate of drug-likeness (QED) is 0.781. The Morgan fingerprint density at radius 3 is 2.19 bits per heavy atom. The number of aromatic nitrogens is 2. The van der Waals surface area contributed by atoms with E-state index in [4.69, 9.17) is 9.72 Å². The van der Waals surface area contributed by atoms with Crippen LogP contribution in [-0.2, 0) is 13.1 Å². The molecule has 27 heavy (non-hydrogen) atoms.